The van der Waals surface area contributed by atoms with Crippen LogP contribution in [0.5, 0.6) is 0 Å². The van der Waals surface area contributed by atoms with Crippen LogP contribution in [0.15, 0.2) is 66.9 Å². The number of carbonyl (C=O) groups is 1. The SMILES string of the molecule is O=C(c1cccc2ncccc12)C1(c2ccccc2)CC1. The largest absolute Gasteiger partial charge is 0.293 e. The summed E-state index contributed by atoms with van der Waals surface area (Å²) in [5, 5.41) is 0.951. The number of nitrogens with zero attached hydrogens (tertiary/aromatic N) is 1. The van der Waals surface area contributed by atoms with Gasteiger partial charge in [-0.1, -0.05) is 48.5 Å². The molecule has 2 nitrogen and oxygen atoms in total. The highest BCUT2D eigenvalue weighted by atomic mass is 16.1. The Labute approximate surface area is 123 Å². The summed E-state index contributed by atoms with van der Waals surface area (Å²) < 4.78 is 0. The molecule has 0 radical (unpaired) electrons. The fourth-order valence-electron chi connectivity index (χ4n) is 3.09. The molecule has 4 rings (SSSR count). The van der Waals surface area contributed by atoms with Crippen LogP contribution in [-0.4, -0.2) is 10.8 Å². The third kappa shape index (κ3) is 1.87. The van der Waals surface area contributed by atoms with Gasteiger partial charge in [-0.3, -0.25) is 9.78 Å². The van der Waals surface area contributed by atoms with Crippen molar-refractivity contribution in [2.24, 2.45) is 0 Å². The molecule has 0 spiro atoms. The van der Waals surface area contributed by atoms with Crippen molar-refractivity contribution < 1.29 is 4.79 Å². The predicted molar refractivity (Wildman–Crippen MR) is 83.4 cm³/mol. The lowest BCUT2D eigenvalue weighted by atomic mass is 9.86. The van der Waals surface area contributed by atoms with E-state index in [2.05, 4.69) is 17.1 Å². The van der Waals surface area contributed by atoms with E-state index in [9.17, 15) is 4.79 Å². The number of hydrogen-bond donors (Lipinski definition) is 0. The van der Waals surface area contributed by atoms with Crippen molar-refractivity contribution in [2.75, 3.05) is 0 Å². The van der Waals surface area contributed by atoms with E-state index >= 15 is 0 Å². The van der Waals surface area contributed by atoms with Gasteiger partial charge in [-0.2, -0.15) is 0 Å². The third-order valence-electron chi connectivity index (χ3n) is 4.40. The van der Waals surface area contributed by atoms with Crippen LogP contribution in [-0.2, 0) is 5.41 Å². The van der Waals surface area contributed by atoms with E-state index in [0.717, 1.165) is 34.9 Å². The zero-order chi connectivity index (χ0) is 14.3. The maximum absolute atomic E-state index is 13.1. The standard InChI is InChI=1S/C19H15NO/c21-18(19(11-12-19)14-6-2-1-3-7-14)16-8-4-10-17-15(16)9-5-13-20-17/h1-10,13H,11-12H2. The Morgan fingerprint density at radius 3 is 2.48 bits per heavy atom. The van der Waals surface area contributed by atoms with Crippen LogP contribution >= 0.6 is 0 Å². The number of fused-ring (bicyclic) bond motifs is 1. The predicted octanol–water partition coefficient (Wildman–Crippen LogP) is 4.15. The van der Waals surface area contributed by atoms with Crippen LogP contribution in [0.4, 0.5) is 0 Å². The Kier molecular flexibility index (Phi) is 2.64. The molecule has 2 heteroatoms. The highest BCUT2D eigenvalue weighted by Crippen LogP contribution is 2.50. The van der Waals surface area contributed by atoms with E-state index in [0.29, 0.717) is 0 Å². The van der Waals surface area contributed by atoms with E-state index in [1.165, 1.54) is 0 Å². The Morgan fingerprint density at radius 2 is 1.71 bits per heavy atom. The first-order valence-corrected chi connectivity index (χ1v) is 7.25. The normalized spacial score (nSPS) is 15.8. The molecule has 3 aromatic rings. The van der Waals surface area contributed by atoms with Gasteiger partial charge in [-0.25, -0.2) is 0 Å². The minimum Gasteiger partial charge on any atom is -0.293 e. The number of rotatable bonds is 3. The van der Waals surface area contributed by atoms with Crippen LogP contribution in [0.25, 0.3) is 10.9 Å². The summed E-state index contributed by atoms with van der Waals surface area (Å²) in [6.07, 6.45) is 3.64. The second kappa shape index (κ2) is 4.52. The van der Waals surface area contributed by atoms with E-state index in [1.54, 1.807) is 6.20 Å². The molecule has 102 valence electrons. The average Bonchev–Trinajstić information content (AvgIpc) is 3.36. The van der Waals surface area contributed by atoms with Crippen molar-refractivity contribution in [1.29, 1.82) is 0 Å². The number of hydrogen-bond acceptors (Lipinski definition) is 2. The molecule has 1 aliphatic carbocycles. The molecule has 0 N–H and O–H groups in total. The third-order valence-corrected chi connectivity index (χ3v) is 4.40. The molecule has 0 saturated heterocycles. The van der Waals surface area contributed by atoms with Crippen LogP contribution in [0.1, 0.15) is 28.8 Å². The first-order valence-electron chi connectivity index (χ1n) is 7.25. The Morgan fingerprint density at radius 1 is 0.905 bits per heavy atom. The quantitative estimate of drug-likeness (QED) is 0.671. The molecule has 1 saturated carbocycles. The Hall–Kier alpha value is -2.48. The number of aromatic nitrogens is 1. The fourth-order valence-corrected chi connectivity index (χ4v) is 3.09. The van der Waals surface area contributed by atoms with Crippen LogP contribution in [0.3, 0.4) is 0 Å². The van der Waals surface area contributed by atoms with Crippen molar-refractivity contribution in [3.8, 4) is 0 Å². The molecule has 0 aliphatic heterocycles. The van der Waals surface area contributed by atoms with E-state index in [-0.39, 0.29) is 11.2 Å². The highest BCUT2D eigenvalue weighted by Gasteiger charge is 2.51. The summed E-state index contributed by atoms with van der Waals surface area (Å²) in [6, 6.07) is 19.8. The van der Waals surface area contributed by atoms with Gasteiger partial charge < -0.3 is 0 Å². The first-order chi connectivity index (χ1) is 10.3. The smallest absolute Gasteiger partial charge is 0.174 e. The van der Waals surface area contributed by atoms with E-state index in [1.807, 2.05) is 48.5 Å². The van der Waals surface area contributed by atoms with Gasteiger partial charge in [-0.05, 0) is 30.5 Å². The molecule has 2 aromatic carbocycles. The minimum absolute atomic E-state index is 0.229. The molecule has 0 unspecified atom stereocenters. The molecule has 1 aliphatic rings. The van der Waals surface area contributed by atoms with Crippen LogP contribution in [0, 0.1) is 0 Å². The second-order valence-electron chi connectivity index (χ2n) is 5.65. The zero-order valence-corrected chi connectivity index (χ0v) is 11.6. The summed E-state index contributed by atoms with van der Waals surface area (Å²) >= 11 is 0. The Bertz CT molecular complexity index is 814. The summed E-state index contributed by atoms with van der Waals surface area (Å²) in [4.78, 5) is 17.5. The average molecular weight is 273 g/mol. The summed E-state index contributed by atoms with van der Waals surface area (Å²) in [7, 11) is 0. The number of ketones is 1. The zero-order valence-electron chi connectivity index (χ0n) is 11.6. The van der Waals surface area contributed by atoms with Crippen molar-refractivity contribution >= 4 is 16.7 Å². The molecule has 1 heterocycles. The molecule has 1 fully saturated rings. The number of benzene rings is 2. The number of Topliss-reactive ketones (excluding diaryl/α,β-unsaturated/α-hetero) is 1. The van der Waals surface area contributed by atoms with Gasteiger partial charge >= 0.3 is 0 Å². The van der Waals surface area contributed by atoms with E-state index < -0.39 is 0 Å². The van der Waals surface area contributed by atoms with Gasteiger partial charge in [0.1, 0.15) is 0 Å². The second-order valence-corrected chi connectivity index (χ2v) is 5.65. The molecule has 1 aromatic heterocycles. The van der Waals surface area contributed by atoms with Gasteiger partial charge in [0, 0.05) is 17.1 Å². The maximum Gasteiger partial charge on any atom is 0.174 e. The first kappa shape index (κ1) is 12.3. The topological polar surface area (TPSA) is 30.0 Å². The van der Waals surface area contributed by atoms with Crippen molar-refractivity contribution in [1.82, 2.24) is 4.98 Å². The summed E-state index contributed by atoms with van der Waals surface area (Å²) in [6.45, 7) is 0. The summed E-state index contributed by atoms with van der Waals surface area (Å²) in [5.41, 5.74) is 2.50. The Balaban J connectivity index is 1.85. The lowest BCUT2D eigenvalue weighted by Gasteiger charge is -2.15. The van der Waals surface area contributed by atoms with Crippen LogP contribution < -0.4 is 0 Å². The van der Waals surface area contributed by atoms with Crippen molar-refractivity contribution in [3.63, 3.8) is 0 Å². The van der Waals surface area contributed by atoms with E-state index in [4.69, 9.17) is 0 Å². The molecule has 0 amide bonds. The van der Waals surface area contributed by atoms with Gasteiger partial charge in [0.05, 0.1) is 10.9 Å². The highest BCUT2D eigenvalue weighted by molar-refractivity contribution is 6.13. The number of carbonyl (C=O) groups excluding carboxylic acids is 1. The van der Waals surface area contributed by atoms with Crippen LogP contribution in [0.2, 0.25) is 0 Å². The van der Waals surface area contributed by atoms with Gasteiger partial charge in [-0.15, -0.1) is 0 Å². The maximum atomic E-state index is 13.1. The van der Waals surface area contributed by atoms with Gasteiger partial charge in [0.25, 0.3) is 0 Å². The number of pyridine rings is 1. The molecular formula is C19H15NO. The lowest BCUT2D eigenvalue weighted by Crippen LogP contribution is -2.20. The lowest BCUT2D eigenvalue weighted by molar-refractivity contribution is 0.0947. The molecule has 0 bridgehead atoms. The molecular weight excluding hydrogens is 258 g/mol. The molecule has 0 atom stereocenters. The van der Waals surface area contributed by atoms with Crippen molar-refractivity contribution in [2.45, 2.75) is 18.3 Å². The fraction of sp³-hybridized carbons (Fsp3) is 0.158. The summed E-state index contributed by atoms with van der Waals surface area (Å²) in [5.74, 6) is 0.229. The van der Waals surface area contributed by atoms with Crippen molar-refractivity contribution in [3.05, 3.63) is 78.0 Å². The molecule has 21 heavy (non-hydrogen) atoms. The van der Waals surface area contributed by atoms with Gasteiger partial charge in [0.2, 0.25) is 0 Å². The minimum atomic E-state index is -0.314. The van der Waals surface area contributed by atoms with Gasteiger partial charge in [0.15, 0.2) is 5.78 Å². The monoisotopic (exact) mass is 273 g/mol.